The minimum atomic E-state index is -3.00. The summed E-state index contributed by atoms with van der Waals surface area (Å²) in [5.74, 6) is 0.482. The lowest BCUT2D eigenvalue weighted by molar-refractivity contribution is -0.0224. The smallest absolute Gasteiger partial charge is 0.211 e. The van der Waals surface area contributed by atoms with E-state index in [1.807, 2.05) is 0 Å². The maximum Gasteiger partial charge on any atom is 0.211 e. The van der Waals surface area contributed by atoms with E-state index < -0.39 is 10.0 Å². The van der Waals surface area contributed by atoms with Crippen molar-refractivity contribution in [2.24, 2.45) is 5.92 Å². The van der Waals surface area contributed by atoms with Crippen LogP contribution in [0.5, 0.6) is 0 Å². The molecule has 5 nitrogen and oxygen atoms in total. The van der Waals surface area contributed by atoms with Gasteiger partial charge in [0.05, 0.1) is 19.0 Å². The van der Waals surface area contributed by atoms with Gasteiger partial charge in [0.15, 0.2) is 0 Å². The number of sulfonamides is 1. The van der Waals surface area contributed by atoms with E-state index in [9.17, 15) is 8.42 Å². The van der Waals surface area contributed by atoms with E-state index in [1.54, 1.807) is 4.31 Å². The van der Waals surface area contributed by atoms with Crippen LogP contribution in [0.25, 0.3) is 0 Å². The molecule has 2 aliphatic heterocycles. The zero-order chi connectivity index (χ0) is 12.5. The molecular formula is C11H22N2O3S. The van der Waals surface area contributed by atoms with Crippen LogP contribution in [0.2, 0.25) is 0 Å². The second kappa shape index (κ2) is 5.22. The Morgan fingerprint density at radius 3 is 2.65 bits per heavy atom. The molecule has 100 valence electrons. The molecule has 2 saturated heterocycles. The molecule has 0 amide bonds. The van der Waals surface area contributed by atoms with Crippen LogP contribution in [0.15, 0.2) is 0 Å². The molecule has 6 heteroatoms. The SMILES string of the molecule is C[C@H]1CN(C[C@@H]2CCN(S(C)(=O)=O)C2)CCO1. The lowest BCUT2D eigenvalue weighted by atomic mass is 10.1. The molecule has 2 heterocycles. The van der Waals surface area contributed by atoms with Gasteiger partial charge in [-0.25, -0.2) is 12.7 Å². The maximum absolute atomic E-state index is 11.4. The summed E-state index contributed by atoms with van der Waals surface area (Å²) in [6.07, 6.45) is 2.58. The fourth-order valence-corrected chi connectivity index (χ4v) is 3.59. The number of ether oxygens (including phenoxy) is 1. The first-order valence-electron chi connectivity index (χ1n) is 6.24. The van der Waals surface area contributed by atoms with Crippen molar-refractivity contribution in [3.05, 3.63) is 0 Å². The average Bonchev–Trinajstić information content (AvgIpc) is 2.65. The lowest BCUT2D eigenvalue weighted by Gasteiger charge is -2.32. The normalized spacial score (nSPS) is 33.1. The van der Waals surface area contributed by atoms with Crippen LogP contribution >= 0.6 is 0 Å². The Morgan fingerprint density at radius 2 is 2.06 bits per heavy atom. The zero-order valence-corrected chi connectivity index (χ0v) is 11.4. The first kappa shape index (κ1) is 13.3. The van der Waals surface area contributed by atoms with Gasteiger partial charge in [-0.05, 0) is 19.3 Å². The Labute approximate surface area is 104 Å². The molecule has 0 radical (unpaired) electrons. The summed E-state index contributed by atoms with van der Waals surface area (Å²) >= 11 is 0. The summed E-state index contributed by atoms with van der Waals surface area (Å²) in [5, 5.41) is 0. The Kier molecular flexibility index (Phi) is 4.07. The second-order valence-corrected chi connectivity index (χ2v) is 7.20. The molecule has 2 atom stereocenters. The molecule has 2 fully saturated rings. The molecule has 0 spiro atoms. The van der Waals surface area contributed by atoms with Gasteiger partial charge < -0.3 is 4.74 Å². The minimum absolute atomic E-state index is 0.302. The predicted octanol–water partition coefficient (Wildman–Crippen LogP) is -0.0114. The molecule has 0 aliphatic carbocycles. The number of hydrogen-bond acceptors (Lipinski definition) is 4. The van der Waals surface area contributed by atoms with Gasteiger partial charge in [0.2, 0.25) is 10.0 Å². The molecule has 2 rings (SSSR count). The number of morpholine rings is 1. The standard InChI is InChI=1S/C11H22N2O3S/c1-10-7-12(5-6-16-10)8-11-3-4-13(9-11)17(2,14)15/h10-11H,3-9H2,1-2H3/t10-,11-/m0/s1. The summed E-state index contributed by atoms with van der Waals surface area (Å²) in [6.45, 7) is 7.19. The van der Waals surface area contributed by atoms with Crippen LogP contribution in [-0.2, 0) is 14.8 Å². The molecular weight excluding hydrogens is 240 g/mol. The van der Waals surface area contributed by atoms with Crippen LogP contribution in [-0.4, -0.2) is 69.3 Å². The van der Waals surface area contributed by atoms with Gasteiger partial charge in [-0.1, -0.05) is 0 Å². The van der Waals surface area contributed by atoms with Crippen molar-refractivity contribution >= 4 is 10.0 Å². The maximum atomic E-state index is 11.4. The Bertz CT molecular complexity index is 358. The monoisotopic (exact) mass is 262 g/mol. The van der Waals surface area contributed by atoms with E-state index in [4.69, 9.17) is 4.74 Å². The third-order valence-corrected chi connectivity index (χ3v) is 4.83. The molecule has 0 saturated carbocycles. The van der Waals surface area contributed by atoms with Crippen LogP contribution in [0.3, 0.4) is 0 Å². The van der Waals surface area contributed by atoms with Crippen molar-refractivity contribution in [2.45, 2.75) is 19.4 Å². The molecule has 0 N–H and O–H groups in total. The van der Waals surface area contributed by atoms with Gasteiger partial charge in [0.25, 0.3) is 0 Å². The molecule has 17 heavy (non-hydrogen) atoms. The van der Waals surface area contributed by atoms with Crippen molar-refractivity contribution in [2.75, 3.05) is 45.6 Å². The van der Waals surface area contributed by atoms with Crippen molar-refractivity contribution < 1.29 is 13.2 Å². The predicted molar refractivity (Wildman–Crippen MR) is 66.4 cm³/mol. The molecule has 0 bridgehead atoms. The van der Waals surface area contributed by atoms with Gasteiger partial charge in [-0.2, -0.15) is 0 Å². The van der Waals surface area contributed by atoms with Crippen molar-refractivity contribution in [3.63, 3.8) is 0 Å². The quantitative estimate of drug-likeness (QED) is 0.718. The fraction of sp³-hybridized carbons (Fsp3) is 1.00. The van der Waals surface area contributed by atoms with E-state index in [0.717, 1.165) is 32.7 Å². The lowest BCUT2D eigenvalue weighted by Crippen LogP contribution is -2.43. The van der Waals surface area contributed by atoms with Crippen LogP contribution in [0, 0.1) is 5.92 Å². The van der Waals surface area contributed by atoms with Gasteiger partial charge in [0, 0.05) is 32.7 Å². The van der Waals surface area contributed by atoms with Crippen molar-refractivity contribution in [3.8, 4) is 0 Å². The van der Waals surface area contributed by atoms with E-state index >= 15 is 0 Å². The van der Waals surface area contributed by atoms with Crippen LogP contribution < -0.4 is 0 Å². The zero-order valence-electron chi connectivity index (χ0n) is 10.6. The molecule has 0 aromatic heterocycles. The first-order valence-corrected chi connectivity index (χ1v) is 8.09. The first-order chi connectivity index (χ1) is 7.95. The molecule has 0 aromatic rings. The van der Waals surface area contributed by atoms with E-state index in [-0.39, 0.29) is 0 Å². The van der Waals surface area contributed by atoms with Gasteiger partial charge in [-0.15, -0.1) is 0 Å². The van der Waals surface area contributed by atoms with Gasteiger partial charge in [0.1, 0.15) is 0 Å². The highest BCUT2D eigenvalue weighted by Gasteiger charge is 2.30. The van der Waals surface area contributed by atoms with Crippen molar-refractivity contribution in [1.29, 1.82) is 0 Å². The molecule has 0 aromatic carbocycles. The highest BCUT2D eigenvalue weighted by Crippen LogP contribution is 2.20. The Hall–Kier alpha value is -0.170. The summed E-state index contributed by atoms with van der Waals surface area (Å²) in [5.41, 5.74) is 0. The third-order valence-electron chi connectivity index (χ3n) is 3.56. The van der Waals surface area contributed by atoms with E-state index in [2.05, 4.69) is 11.8 Å². The van der Waals surface area contributed by atoms with Crippen LogP contribution in [0.4, 0.5) is 0 Å². The fourth-order valence-electron chi connectivity index (χ4n) is 2.67. The summed E-state index contributed by atoms with van der Waals surface area (Å²) in [4.78, 5) is 2.39. The Morgan fingerprint density at radius 1 is 1.29 bits per heavy atom. The topological polar surface area (TPSA) is 49.9 Å². The number of nitrogens with zero attached hydrogens (tertiary/aromatic N) is 2. The van der Waals surface area contributed by atoms with Gasteiger partial charge in [-0.3, -0.25) is 4.90 Å². The minimum Gasteiger partial charge on any atom is -0.376 e. The van der Waals surface area contributed by atoms with E-state index in [1.165, 1.54) is 6.26 Å². The highest BCUT2D eigenvalue weighted by atomic mass is 32.2. The highest BCUT2D eigenvalue weighted by molar-refractivity contribution is 7.88. The van der Waals surface area contributed by atoms with Crippen LogP contribution in [0.1, 0.15) is 13.3 Å². The largest absolute Gasteiger partial charge is 0.376 e. The molecule has 2 aliphatic rings. The summed E-state index contributed by atoms with van der Waals surface area (Å²) < 4.78 is 29.9. The molecule has 0 unspecified atom stereocenters. The summed E-state index contributed by atoms with van der Waals surface area (Å²) in [6, 6.07) is 0. The second-order valence-electron chi connectivity index (χ2n) is 5.22. The number of rotatable bonds is 3. The average molecular weight is 262 g/mol. The van der Waals surface area contributed by atoms with Gasteiger partial charge >= 0.3 is 0 Å². The van der Waals surface area contributed by atoms with Crippen molar-refractivity contribution in [1.82, 2.24) is 9.21 Å². The van der Waals surface area contributed by atoms with E-state index in [0.29, 0.717) is 25.1 Å². The third kappa shape index (κ3) is 3.64. The number of hydrogen-bond donors (Lipinski definition) is 0. The summed E-state index contributed by atoms with van der Waals surface area (Å²) in [7, 11) is -3.00. The Balaban J connectivity index is 1.81.